The largest absolute Gasteiger partial charge is 0.468 e. The number of ether oxygens (including phenoxy) is 1. The molecule has 0 spiro atoms. The number of esters is 1. The Kier molecular flexibility index (Phi) is 8.44. The fraction of sp³-hybridized carbons (Fsp3) is 0.520. The van der Waals surface area contributed by atoms with Gasteiger partial charge in [0.2, 0.25) is 11.8 Å². The molecule has 36 heavy (non-hydrogen) atoms. The van der Waals surface area contributed by atoms with Crippen molar-refractivity contribution in [3.05, 3.63) is 47.8 Å². The lowest BCUT2D eigenvalue weighted by atomic mass is 9.73. The first-order valence-electron chi connectivity index (χ1n) is 11.8. The molecule has 1 aliphatic carbocycles. The highest BCUT2D eigenvalue weighted by Gasteiger charge is 2.47. The maximum Gasteiger partial charge on any atom is 0.323 e. The van der Waals surface area contributed by atoms with Crippen LogP contribution in [0.3, 0.4) is 0 Å². The lowest BCUT2D eigenvalue weighted by molar-refractivity contribution is -0.142. The third-order valence-electron chi connectivity index (χ3n) is 6.92. The number of hydrogen-bond donors (Lipinski definition) is 3. The average molecular weight is 506 g/mol. The number of nitrogens with zero attached hydrogens (tertiary/aromatic N) is 2. The summed E-state index contributed by atoms with van der Waals surface area (Å²) in [7, 11) is 4.59. The summed E-state index contributed by atoms with van der Waals surface area (Å²) in [6.45, 7) is 1.58. The smallest absolute Gasteiger partial charge is 0.323 e. The zero-order valence-corrected chi connectivity index (χ0v) is 20.9. The number of halogens is 2. The van der Waals surface area contributed by atoms with Gasteiger partial charge < -0.3 is 20.7 Å². The van der Waals surface area contributed by atoms with Crippen molar-refractivity contribution in [1.82, 2.24) is 20.4 Å². The van der Waals surface area contributed by atoms with Crippen molar-refractivity contribution in [3.8, 4) is 0 Å². The number of methoxy groups -OCH3 is 1. The molecule has 0 radical (unpaired) electrons. The molecule has 0 unspecified atom stereocenters. The zero-order valence-electron chi connectivity index (χ0n) is 20.9. The predicted octanol–water partition coefficient (Wildman–Crippen LogP) is 2.68. The lowest BCUT2D eigenvalue weighted by Gasteiger charge is -2.40. The number of likely N-dealkylation sites (N-methyl/N-ethyl adjacent to an activating group) is 1. The molecule has 2 aromatic rings. The number of aromatic nitrogens is 2. The van der Waals surface area contributed by atoms with E-state index in [4.69, 9.17) is 4.74 Å². The second kappa shape index (κ2) is 11.2. The Bertz CT molecular complexity index is 1080. The van der Waals surface area contributed by atoms with Gasteiger partial charge in [-0.25, -0.2) is 8.78 Å². The highest BCUT2D eigenvalue weighted by Crippen LogP contribution is 2.41. The second-order valence-corrected chi connectivity index (χ2v) is 9.35. The van der Waals surface area contributed by atoms with Crippen molar-refractivity contribution < 1.29 is 27.9 Å². The first-order chi connectivity index (χ1) is 17.0. The first kappa shape index (κ1) is 27.3. The Morgan fingerprint density at radius 3 is 2.36 bits per heavy atom. The average Bonchev–Trinajstić information content (AvgIpc) is 3.28. The minimum absolute atomic E-state index is 0.0977. The van der Waals surface area contributed by atoms with E-state index in [9.17, 15) is 23.2 Å². The van der Waals surface area contributed by atoms with Crippen LogP contribution in [0.1, 0.15) is 48.7 Å². The van der Waals surface area contributed by atoms with Crippen molar-refractivity contribution in [1.29, 1.82) is 0 Å². The molecule has 3 rings (SSSR count). The van der Waals surface area contributed by atoms with E-state index in [-0.39, 0.29) is 37.3 Å². The molecule has 9 nitrogen and oxygen atoms in total. The van der Waals surface area contributed by atoms with E-state index >= 15 is 0 Å². The standard InChI is InChI=1S/C25H33F2N5O4/c1-24(17-9-12-25(26,27)13-10-17,31-21(33)20-11-14-29-32(20)3)23(35)30-18-7-5-16(6-8-18)15-19(28-2)22(34)36-4/h5-8,11,14,17,19,28H,9-10,12-13,15H2,1-4H3,(H,30,35)(H,31,33)/t19-,24-/m1/s1. The van der Waals surface area contributed by atoms with Gasteiger partial charge in [0.1, 0.15) is 17.3 Å². The summed E-state index contributed by atoms with van der Waals surface area (Å²) in [5, 5.41) is 12.5. The van der Waals surface area contributed by atoms with E-state index in [2.05, 4.69) is 21.0 Å². The molecule has 0 aliphatic heterocycles. The van der Waals surface area contributed by atoms with Gasteiger partial charge in [-0.05, 0) is 62.9 Å². The molecule has 1 aromatic heterocycles. The van der Waals surface area contributed by atoms with Crippen LogP contribution < -0.4 is 16.0 Å². The fourth-order valence-electron chi connectivity index (χ4n) is 4.52. The molecule has 1 fully saturated rings. The third-order valence-corrected chi connectivity index (χ3v) is 6.92. The van der Waals surface area contributed by atoms with Gasteiger partial charge in [-0.2, -0.15) is 5.10 Å². The van der Waals surface area contributed by atoms with Crippen molar-refractivity contribution in [3.63, 3.8) is 0 Å². The van der Waals surface area contributed by atoms with Crippen molar-refractivity contribution in [2.24, 2.45) is 13.0 Å². The van der Waals surface area contributed by atoms with Crippen LogP contribution in [-0.2, 0) is 27.8 Å². The highest BCUT2D eigenvalue weighted by molar-refractivity contribution is 6.03. The monoisotopic (exact) mass is 505 g/mol. The number of alkyl halides is 2. The molecular formula is C25H33F2N5O4. The van der Waals surface area contributed by atoms with Gasteiger partial charge in [-0.3, -0.25) is 19.1 Å². The van der Waals surface area contributed by atoms with E-state index in [0.29, 0.717) is 12.1 Å². The van der Waals surface area contributed by atoms with Crippen LogP contribution in [-0.4, -0.2) is 59.2 Å². The van der Waals surface area contributed by atoms with E-state index in [1.54, 1.807) is 45.3 Å². The summed E-state index contributed by atoms with van der Waals surface area (Å²) in [5.41, 5.74) is 0.146. The predicted molar refractivity (Wildman–Crippen MR) is 130 cm³/mol. The minimum Gasteiger partial charge on any atom is -0.468 e. The highest BCUT2D eigenvalue weighted by atomic mass is 19.3. The molecule has 2 amide bonds. The lowest BCUT2D eigenvalue weighted by Crippen LogP contribution is -2.60. The topological polar surface area (TPSA) is 114 Å². The molecule has 0 bridgehead atoms. The summed E-state index contributed by atoms with van der Waals surface area (Å²) in [6, 6.07) is 7.94. The quantitative estimate of drug-likeness (QED) is 0.452. The molecule has 3 N–H and O–H groups in total. The summed E-state index contributed by atoms with van der Waals surface area (Å²) in [4.78, 5) is 38.3. The van der Waals surface area contributed by atoms with E-state index in [1.165, 1.54) is 24.1 Å². The van der Waals surface area contributed by atoms with Gasteiger partial charge >= 0.3 is 5.97 Å². The Hall–Kier alpha value is -3.34. The van der Waals surface area contributed by atoms with Crippen LogP contribution in [0.4, 0.5) is 14.5 Å². The molecule has 1 heterocycles. The summed E-state index contributed by atoms with van der Waals surface area (Å²) in [5.74, 6) is -4.65. The van der Waals surface area contributed by atoms with Crippen LogP contribution in [0.2, 0.25) is 0 Å². The number of nitrogens with one attached hydrogen (secondary N) is 3. The normalized spacial score (nSPS) is 18.1. The zero-order chi connectivity index (χ0) is 26.5. The maximum atomic E-state index is 13.8. The van der Waals surface area contributed by atoms with Gasteiger partial charge in [0.05, 0.1) is 7.11 Å². The van der Waals surface area contributed by atoms with Gasteiger partial charge in [0.15, 0.2) is 0 Å². The van der Waals surface area contributed by atoms with Gasteiger partial charge in [-0.15, -0.1) is 0 Å². The van der Waals surface area contributed by atoms with E-state index in [1.807, 2.05) is 0 Å². The van der Waals surface area contributed by atoms with Gasteiger partial charge in [0.25, 0.3) is 5.91 Å². The van der Waals surface area contributed by atoms with Crippen LogP contribution in [0.15, 0.2) is 36.5 Å². The maximum absolute atomic E-state index is 13.8. The first-order valence-corrected chi connectivity index (χ1v) is 11.8. The molecule has 1 aromatic carbocycles. The van der Waals surface area contributed by atoms with Crippen LogP contribution in [0, 0.1) is 5.92 Å². The second-order valence-electron chi connectivity index (χ2n) is 9.35. The Morgan fingerprint density at radius 2 is 1.83 bits per heavy atom. The minimum atomic E-state index is -2.77. The number of rotatable bonds is 9. The molecule has 196 valence electrons. The summed E-state index contributed by atoms with van der Waals surface area (Å²) < 4.78 is 33.9. The summed E-state index contributed by atoms with van der Waals surface area (Å²) >= 11 is 0. The van der Waals surface area contributed by atoms with Crippen molar-refractivity contribution >= 4 is 23.5 Å². The Morgan fingerprint density at radius 1 is 1.19 bits per heavy atom. The number of anilines is 1. The number of benzene rings is 1. The van der Waals surface area contributed by atoms with Crippen LogP contribution in [0.5, 0.6) is 0 Å². The fourth-order valence-corrected chi connectivity index (χ4v) is 4.52. The van der Waals surface area contributed by atoms with E-state index < -0.39 is 35.2 Å². The molecule has 2 atom stereocenters. The third kappa shape index (κ3) is 6.26. The van der Waals surface area contributed by atoms with E-state index in [0.717, 1.165) is 5.56 Å². The van der Waals surface area contributed by atoms with Crippen molar-refractivity contribution in [2.45, 2.75) is 56.5 Å². The summed E-state index contributed by atoms with van der Waals surface area (Å²) in [6.07, 6.45) is 1.37. The SMILES string of the molecule is CN[C@H](Cc1ccc(NC(=O)[C@](C)(NC(=O)c2ccnn2C)C2CCC(F)(F)CC2)cc1)C(=O)OC. The van der Waals surface area contributed by atoms with Crippen LogP contribution >= 0.6 is 0 Å². The molecule has 0 saturated heterocycles. The number of carbonyl (C=O) groups is 3. The Labute approximate surface area is 209 Å². The van der Waals surface area contributed by atoms with Gasteiger partial charge in [0, 0.05) is 31.8 Å². The number of carbonyl (C=O) groups excluding carboxylic acids is 3. The number of amides is 2. The number of aryl methyl sites for hydroxylation is 1. The van der Waals surface area contributed by atoms with Gasteiger partial charge in [-0.1, -0.05) is 12.1 Å². The van der Waals surface area contributed by atoms with Crippen LogP contribution in [0.25, 0.3) is 0 Å². The Balaban J connectivity index is 1.78. The number of hydrogen-bond acceptors (Lipinski definition) is 6. The van der Waals surface area contributed by atoms with Crippen molar-refractivity contribution in [2.75, 3.05) is 19.5 Å². The molecule has 1 aliphatic rings. The molecule has 11 heteroatoms. The molecular weight excluding hydrogens is 472 g/mol. The molecule has 1 saturated carbocycles.